The van der Waals surface area contributed by atoms with Crippen LogP contribution in [-0.2, 0) is 0 Å². The van der Waals surface area contributed by atoms with Gasteiger partial charge in [-0.3, -0.25) is 0 Å². The van der Waals surface area contributed by atoms with Crippen molar-refractivity contribution in [3.8, 4) is 11.1 Å². The third-order valence-corrected chi connectivity index (χ3v) is 4.60. The molecule has 20 heavy (non-hydrogen) atoms. The van der Waals surface area contributed by atoms with Crippen LogP contribution >= 0.6 is 11.8 Å². The van der Waals surface area contributed by atoms with Crippen LogP contribution in [0.5, 0.6) is 0 Å². The Morgan fingerprint density at radius 1 is 0.900 bits per heavy atom. The predicted octanol–water partition coefficient (Wildman–Crippen LogP) is 5.02. The van der Waals surface area contributed by atoms with E-state index in [2.05, 4.69) is 66.7 Å². The number of hydrogen-bond acceptors (Lipinski definition) is 2. The highest BCUT2D eigenvalue weighted by atomic mass is 32.2. The van der Waals surface area contributed by atoms with E-state index in [1.807, 2.05) is 11.8 Å². The number of thioether (sulfide) groups is 1. The Bertz CT molecular complexity index is 806. The average molecular weight is 275 g/mol. The van der Waals surface area contributed by atoms with Gasteiger partial charge in [0.05, 0.1) is 11.2 Å². The van der Waals surface area contributed by atoms with E-state index in [1.165, 1.54) is 21.4 Å². The predicted molar refractivity (Wildman–Crippen MR) is 86.9 cm³/mol. The fraction of sp³-hybridized carbons (Fsp3) is 0.0556. The summed E-state index contributed by atoms with van der Waals surface area (Å²) in [7, 11) is 0. The fourth-order valence-electron chi connectivity index (χ4n) is 2.66. The maximum Gasteiger partial charge on any atom is 0.0776 e. The summed E-state index contributed by atoms with van der Waals surface area (Å²) in [6.07, 6.45) is 4.33. The Balaban J connectivity index is 2.14. The van der Waals surface area contributed by atoms with E-state index >= 15 is 0 Å². The normalized spacial score (nSPS) is 13.4. The molecule has 0 bridgehead atoms. The minimum Gasteiger partial charge on any atom is -0.247 e. The molecule has 0 fully saturated rings. The van der Waals surface area contributed by atoms with Gasteiger partial charge in [-0.1, -0.05) is 54.6 Å². The largest absolute Gasteiger partial charge is 0.247 e. The molecule has 0 aliphatic carbocycles. The van der Waals surface area contributed by atoms with E-state index in [4.69, 9.17) is 4.98 Å². The zero-order chi connectivity index (χ0) is 13.4. The number of hydrogen-bond donors (Lipinski definition) is 0. The lowest BCUT2D eigenvalue weighted by Crippen LogP contribution is -1.97. The van der Waals surface area contributed by atoms with Gasteiger partial charge in [-0.25, -0.2) is 4.98 Å². The van der Waals surface area contributed by atoms with Crippen LogP contribution in [0.4, 0.5) is 0 Å². The summed E-state index contributed by atoms with van der Waals surface area (Å²) >= 11 is 1.88. The molecule has 2 heterocycles. The number of para-hydroxylation sites is 1. The van der Waals surface area contributed by atoms with Crippen molar-refractivity contribution in [3.05, 3.63) is 66.4 Å². The van der Waals surface area contributed by atoms with Crippen LogP contribution in [-0.4, -0.2) is 10.7 Å². The molecule has 3 aromatic rings. The molecule has 0 N–H and O–H groups in total. The van der Waals surface area contributed by atoms with Crippen LogP contribution < -0.4 is 0 Å². The van der Waals surface area contributed by atoms with E-state index in [0.29, 0.717) is 0 Å². The van der Waals surface area contributed by atoms with Gasteiger partial charge in [0.15, 0.2) is 0 Å². The summed E-state index contributed by atoms with van der Waals surface area (Å²) in [4.78, 5) is 6.10. The lowest BCUT2D eigenvalue weighted by Gasteiger charge is -2.17. The van der Waals surface area contributed by atoms with Crippen LogP contribution in [0.1, 0.15) is 5.69 Å². The van der Waals surface area contributed by atoms with Crippen LogP contribution in [0.25, 0.3) is 28.1 Å². The number of rotatable bonds is 1. The highest BCUT2D eigenvalue weighted by molar-refractivity contribution is 7.99. The molecule has 1 aliphatic rings. The molecular formula is C18H13NS. The van der Waals surface area contributed by atoms with Gasteiger partial charge in [0.2, 0.25) is 0 Å². The van der Waals surface area contributed by atoms with Crippen molar-refractivity contribution in [1.29, 1.82) is 0 Å². The smallest absolute Gasteiger partial charge is 0.0776 e. The van der Waals surface area contributed by atoms with Gasteiger partial charge >= 0.3 is 0 Å². The molecule has 96 valence electrons. The topological polar surface area (TPSA) is 12.9 Å². The second kappa shape index (κ2) is 4.80. The van der Waals surface area contributed by atoms with Crippen molar-refractivity contribution in [1.82, 2.24) is 4.98 Å². The molecule has 4 rings (SSSR count). The number of nitrogens with zero attached hydrogens (tertiary/aromatic N) is 1. The lowest BCUT2D eigenvalue weighted by molar-refractivity contribution is 1.25. The molecular weight excluding hydrogens is 262 g/mol. The fourth-order valence-corrected chi connectivity index (χ4v) is 3.65. The van der Waals surface area contributed by atoms with E-state index in [0.717, 1.165) is 17.0 Å². The molecule has 0 spiro atoms. The molecule has 1 nitrogen and oxygen atoms in total. The first-order valence-corrected chi connectivity index (χ1v) is 7.69. The minimum atomic E-state index is 1.02. The molecule has 0 saturated heterocycles. The molecule has 0 amide bonds. The van der Waals surface area contributed by atoms with Crippen LogP contribution in [0.2, 0.25) is 0 Å². The summed E-state index contributed by atoms with van der Waals surface area (Å²) in [5.41, 5.74) is 4.75. The maximum atomic E-state index is 4.79. The zero-order valence-electron chi connectivity index (χ0n) is 10.9. The van der Waals surface area contributed by atoms with Gasteiger partial charge in [0, 0.05) is 21.6 Å². The molecule has 0 unspecified atom stereocenters. The van der Waals surface area contributed by atoms with E-state index in [-0.39, 0.29) is 0 Å². The highest BCUT2D eigenvalue weighted by Gasteiger charge is 2.16. The van der Waals surface area contributed by atoms with Crippen LogP contribution in [0.3, 0.4) is 0 Å². The first-order valence-electron chi connectivity index (χ1n) is 6.71. The first-order chi connectivity index (χ1) is 9.93. The molecule has 0 atom stereocenters. The third kappa shape index (κ3) is 1.84. The Morgan fingerprint density at radius 2 is 1.70 bits per heavy atom. The first kappa shape index (κ1) is 11.7. The summed E-state index contributed by atoms with van der Waals surface area (Å²) in [5.74, 6) is 1.02. The Labute approximate surface area is 122 Å². The number of aromatic nitrogens is 1. The third-order valence-electron chi connectivity index (χ3n) is 3.54. The van der Waals surface area contributed by atoms with Crippen LogP contribution in [0, 0.1) is 0 Å². The van der Waals surface area contributed by atoms with Crippen molar-refractivity contribution < 1.29 is 0 Å². The Kier molecular flexibility index (Phi) is 2.82. The van der Waals surface area contributed by atoms with Crippen molar-refractivity contribution in [2.45, 2.75) is 4.90 Å². The molecule has 2 heteroatoms. The molecule has 0 radical (unpaired) electrons. The van der Waals surface area contributed by atoms with E-state index in [1.54, 1.807) is 0 Å². The quantitative estimate of drug-likeness (QED) is 0.618. The van der Waals surface area contributed by atoms with Gasteiger partial charge in [-0.2, -0.15) is 0 Å². The maximum absolute atomic E-state index is 4.79. The van der Waals surface area contributed by atoms with Crippen molar-refractivity contribution in [2.24, 2.45) is 0 Å². The summed E-state index contributed by atoms with van der Waals surface area (Å²) in [6, 6.07) is 19.0. The highest BCUT2D eigenvalue weighted by Crippen LogP contribution is 2.40. The number of pyridine rings is 1. The van der Waals surface area contributed by atoms with Gasteiger partial charge in [-0.05, 0) is 17.7 Å². The summed E-state index contributed by atoms with van der Waals surface area (Å²) in [6.45, 7) is 0. The van der Waals surface area contributed by atoms with Crippen LogP contribution in [0.15, 0.2) is 65.6 Å². The lowest BCUT2D eigenvalue weighted by atomic mass is 9.99. The Hall–Kier alpha value is -2.06. The van der Waals surface area contributed by atoms with Crippen molar-refractivity contribution in [3.63, 3.8) is 0 Å². The molecule has 2 aromatic carbocycles. The summed E-state index contributed by atoms with van der Waals surface area (Å²) in [5, 5.41) is 1.24. The number of fused-ring (bicyclic) bond motifs is 2. The summed E-state index contributed by atoms with van der Waals surface area (Å²) < 4.78 is 0. The van der Waals surface area contributed by atoms with Crippen molar-refractivity contribution in [2.75, 3.05) is 5.75 Å². The molecule has 1 aromatic heterocycles. The molecule has 0 saturated carbocycles. The monoisotopic (exact) mass is 275 g/mol. The van der Waals surface area contributed by atoms with Gasteiger partial charge < -0.3 is 0 Å². The zero-order valence-corrected chi connectivity index (χ0v) is 11.7. The van der Waals surface area contributed by atoms with Gasteiger partial charge in [0.25, 0.3) is 0 Å². The SMILES string of the molecule is C1=Cc2nc3ccccc3c(-c3ccccc3)c2SC1. The number of benzene rings is 2. The Morgan fingerprint density at radius 3 is 2.60 bits per heavy atom. The van der Waals surface area contributed by atoms with E-state index < -0.39 is 0 Å². The second-order valence-electron chi connectivity index (χ2n) is 4.80. The molecule has 1 aliphatic heterocycles. The van der Waals surface area contributed by atoms with Gasteiger partial charge in [0.1, 0.15) is 0 Å². The average Bonchev–Trinajstić information content (AvgIpc) is 2.53. The second-order valence-corrected chi connectivity index (χ2v) is 5.83. The van der Waals surface area contributed by atoms with Crippen molar-refractivity contribution >= 4 is 28.7 Å². The van der Waals surface area contributed by atoms with E-state index in [9.17, 15) is 0 Å². The minimum absolute atomic E-state index is 1.02. The standard InChI is InChI=1S/C18H13NS/c1-2-7-13(8-3-1)17-14-9-4-5-10-15(14)19-16-11-6-12-20-18(16)17/h1-11H,12H2. The van der Waals surface area contributed by atoms with Gasteiger partial charge in [-0.15, -0.1) is 11.8 Å².